The number of carbonyl (C=O) groups is 1. The fourth-order valence-electron chi connectivity index (χ4n) is 4.86. The molecule has 1 saturated carbocycles. The molecule has 4 nitrogen and oxygen atoms in total. The van der Waals surface area contributed by atoms with Crippen molar-refractivity contribution in [1.82, 2.24) is 9.88 Å². The molecule has 1 unspecified atom stereocenters. The van der Waals surface area contributed by atoms with Gasteiger partial charge in [-0.05, 0) is 66.6 Å². The van der Waals surface area contributed by atoms with Crippen molar-refractivity contribution in [3.63, 3.8) is 0 Å². The van der Waals surface area contributed by atoms with Gasteiger partial charge in [-0.2, -0.15) is 0 Å². The SMILES string of the molecule is CN(C(=O)C1CC(c2c(-c3ccc(F)cc3)[nH]c3c(F)cc(F)cc23)C1)C1CCOC1. The van der Waals surface area contributed by atoms with E-state index in [1.54, 1.807) is 17.0 Å². The highest BCUT2D eigenvalue weighted by molar-refractivity contribution is 5.92. The zero-order chi connectivity index (χ0) is 21.7. The smallest absolute Gasteiger partial charge is 0.225 e. The Kier molecular flexibility index (Phi) is 5.01. The quantitative estimate of drug-likeness (QED) is 0.636. The van der Waals surface area contributed by atoms with Gasteiger partial charge < -0.3 is 14.6 Å². The maximum Gasteiger partial charge on any atom is 0.225 e. The molecule has 1 amide bonds. The molecule has 2 fully saturated rings. The summed E-state index contributed by atoms with van der Waals surface area (Å²) in [6.07, 6.45) is 2.06. The first kappa shape index (κ1) is 20.1. The largest absolute Gasteiger partial charge is 0.379 e. The van der Waals surface area contributed by atoms with Crippen LogP contribution in [-0.4, -0.2) is 42.1 Å². The van der Waals surface area contributed by atoms with Crippen LogP contribution in [0.5, 0.6) is 0 Å². The minimum absolute atomic E-state index is 0.0165. The number of H-pyrrole nitrogens is 1. The molecule has 2 heterocycles. The van der Waals surface area contributed by atoms with Crippen molar-refractivity contribution in [1.29, 1.82) is 0 Å². The summed E-state index contributed by atoms with van der Waals surface area (Å²) in [5.41, 5.74) is 2.36. The van der Waals surface area contributed by atoms with Crippen molar-refractivity contribution in [2.24, 2.45) is 5.92 Å². The van der Waals surface area contributed by atoms with Crippen LogP contribution < -0.4 is 0 Å². The predicted molar refractivity (Wildman–Crippen MR) is 111 cm³/mol. The number of ether oxygens (including phenoxy) is 1. The zero-order valence-corrected chi connectivity index (χ0v) is 17.1. The van der Waals surface area contributed by atoms with Gasteiger partial charge in [0.2, 0.25) is 5.91 Å². The number of hydrogen-bond donors (Lipinski definition) is 1. The van der Waals surface area contributed by atoms with Crippen molar-refractivity contribution >= 4 is 16.8 Å². The first-order valence-corrected chi connectivity index (χ1v) is 10.5. The number of aromatic amines is 1. The topological polar surface area (TPSA) is 45.3 Å². The molecule has 1 saturated heterocycles. The van der Waals surface area contributed by atoms with E-state index in [0.717, 1.165) is 18.1 Å². The van der Waals surface area contributed by atoms with E-state index in [2.05, 4.69) is 4.98 Å². The van der Waals surface area contributed by atoms with Crippen LogP contribution in [0.25, 0.3) is 22.2 Å². The molecule has 0 bridgehead atoms. The third kappa shape index (κ3) is 3.51. The Bertz CT molecular complexity index is 1130. The third-order valence-electron chi connectivity index (χ3n) is 6.69. The second-order valence-electron chi connectivity index (χ2n) is 8.56. The van der Waals surface area contributed by atoms with Gasteiger partial charge in [-0.1, -0.05) is 0 Å². The monoisotopic (exact) mass is 428 g/mol. The number of fused-ring (bicyclic) bond motifs is 1. The van der Waals surface area contributed by atoms with Crippen LogP contribution in [0.15, 0.2) is 36.4 Å². The van der Waals surface area contributed by atoms with Gasteiger partial charge in [0.25, 0.3) is 0 Å². The first-order chi connectivity index (χ1) is 14.9. The lowest BCUT2D eigenvalue weighted by atomic mass is 9.69. The highest BCUT2D eigenvalue weighted by atomic mass is 19.1. The molecule has 1 atom stereocenters. The molecule has 7 heteroatoms. The molecule has 1 aliphatic heterocycles. The molecule has 0 spiro atoms. The summed E-state index contributed by atoms with van der Waals surface area (Å²) in [6.45, 7) is 1.23. The number of nitrogens with zero attached hydrogens (tertiary/aromatic N) is 1. The van der Waals surface area contributed by atoms with E-state index in [1.165, 1.54) is 18.2 Å². The second-order valence-corrected chi connectivity index (χ2v) is 8.56. The number of rotatable bonds is 4. The molecule has 2 aliphatic rings. The lowest BCUT2D eigenvalue weighted by molar-refractivity contribution is -0.139. The molecule has 5 rings (SSSR count). The molecular weight excluding hydrogens is 405 g/mol. The zero-order valence-electron chi connectivity index (χ0n) is 17.1. The molecule has 162 valence electrons. The number of aromatic nitrogens is 1. The van der Waals surface area contributed by atoms with Crippen molar-refractivity contribution in [2.75, 3.05) is 20.3 Å². The van der Waals surface area contributed by atoms with Gasteiger partial charge in [0.1, 0.15) is 17.5 Å². The van der Waals surface area contributed by atoms with E-state index in [-0.39, 0.29) is 35.1 Å². The molecule has 2 aromatic carbocycles. The van der Waals surface area contributed by atoms with Crippen LogP contribution in [0.4, 0.5) is 13.2 Å². The highest BCUT2D eigenvalue weighted by Crippen LogP contribution is 2.49. The van der Waals surface area contributed by atoms with Gasteiger partial charge in [-0.3, -0.25) is 4.79 Å². The van der Waals surface area contributed by atoms with E-state index >= 15 is 0 Å². The fraction of sp³-hybridized carbons (Fsp3) is 0.375. The van der Waals surface area contributed by atoms with Gasteiger partial charge in [-0.25, -0.2) is 13.2 Å². The van der Waals surface area contributed by atoms with Gasteiger partial charge in [0.05, 0.1) is 23.9 Å². The number of halogens is 3. The minimum Gasteiger partial charge on any atom is -0.379 e. The summed E-state index contributed by atoms with van der Waals surface area (Å²) in [5, 5.41) is 0.477. The van der Waals surface area contributed by atoms with Crippen LogP contribution in [0, 0.1) is 23.4 Å². The Morgan fingerprint density at radius 3 is 2.52 bits per heavy atom. The van der Waals surface area contributed by atoms with Gasteiger partial charge >= 0.3 is 0 Å². The van der Waals surface area contributed by atoms with Gasteiger partial charge in [-0.15, -0.1) is 0 Å². The number of hydrogen-bond acceptors (Lipinski definition) is 2. The van der Waals surface area contributed by atoms with E-state index < -0.39 is 11.6 Å². The Labute approximate surface area is 178 Å². The van der Waals surface area contributed by atoms with Crippen LogP contribution >= 0.6 is 0 Å². The lowest BCUT2D eigenvalue weighted by Gasteiger charge is -2.38. The summed E-state index contributed by atoms with van der Waals surface area (Å²) in [4.78, 5) is 17.8. The molecule has 31 heavy (non-hydrogen) atoms. The predicted octanol–water partition coefficient (Wildman–Crippen LogP) is 4.99. The van der Waals surface area contributed by atoms with Crippen molar-refractivity contribution in [3.05, 3.63) is 59.4 Å². The van der Waals surface area contributed by atoms with Crippen LogP contribution in [0.1, 0.15) is 30.7 Å². The van der Waals surface area contributed by atoms with Crippen LogP contribution in [-0.2, 0) is 9.53 Å². The fourth-order valence-corrected chi connectivity index (χ4v) is 4.86. The molecular formula is C24H23F3N2O2. The Balaban J connectivity index is 1.47. The normalized spacial score (nSPS) is 23.2. The Hall–Kier alpha value is -2.80. The second kappa shape index (κ2) is 7.71. The maximum absolute atomic E-state index is 14.5. The Morgan fingerprint density at radius 1 is 1.10 bits per heavy atom. The molecule has 1 aliphatic carbocycles. The average Bonchev–Trinajstić information content (AvgIpc) is 3.36. The van der Waals surface area contributed by atoms with E-state index in [4.69, 9.17) is 4.74 Å². The molecule has 1 N–H and O–H groups in total. The van der Waals surface area contributed by atoms with Gasteiger partial charge in [0, 0.05) is 31.0 Å². The van der Waals surface area contributed by atoms with Crippen molar-refractivity contribution < 1.29 is 22.7 Å². The average molecular weight is 428 g/mol. The van der Waals surface area contributed by atoms with E-state index in [9.17, 15) is 18.0 Å². The number of amides is 1. The van der Waals surface area contributed by atoms with Crippen molar-refractivity contribution in [3.8, 4) is 11.3 Å². The number of likely N-dealkylation sites (N-methyl/N-ethyl adjacent to an activating group) is 1. The lowest BCUT2D eigenvalue weighted by Crippen LogP contribution is -2.44. The summed E-state index contributed by atoms with van der Waals surface area (Å²) in [5.74, 6) is -1.74. The van der Waals surface area contributed by atoms with E-state index in [1.807, 2.05) is 7.05 Å². The molecule has 1 aromatic heterocycles. The van der Waals surface area contributed by atoms with Gasteiger partial charge in [0.15, 0.2) is 0 Å². The Morgan fingerprint density at radius 2 is 1.84 bits per heavy atom. The number of benzene rings is 2. The summed E-state index contributed by atoms with van der Waals surface area (Å²) in [7, 11) is 1.81. The van der Waals surface area contributed by atoms with Crippen LogP contribution in [0.3, 0.4) is 0 Å². The maximum atomic E-state index is 14.5. The summed E-state index contributed by atoms with van der Waals surface area (Å²) >= 11 is 0. The minimum atomic E-state index is -0.669. The first-order valence-electron chi connectivity index (χ1n) is 10.5. The summed E-state index contributed by atoms with van der Waals surface area (Å²) in [6, 6.07) is 8.20. The molecule has 3 aromatic rings. The van der Waals surface area contributed by atoms with Crippen molar-refractivity contribution in [2.45, 2.75) is 31.2 Å². The highest BCUT2D eigenvalue weighted by Gasteiger charge is 2.41. The van der Waals surface area contributed by atoms with E-state index in [0.29, 0.717) is 42.7 Å². The van der Waals surface area contributed by atoms with Crippen LogP contribution in [0.2, 0.25) is 0 Å². The molecule has 0 radical (unpaired) electrons. The standard InChI is InChI=1S/C24H23F3N2O2/c1-29(18-6-7-31-12-18)24(30)15-8-14(9-15)21-19-10-17(26)11-20(27)23(19)28-22(21)13-2-4-16(25)5-3-13/h2-5,10-11,14-15,18,28H,6-9,12H2,1H3. The summed E-state index contributed by atoms with van der Waals surface area (Å²) < 4.78 is 47.3. The number of nitrogens with one attached hydrogen (secondary N) is 1. The number of carbonyl (C=O) groups excluding carboxylic acids is 1. The third-order valence-corrected chi connectivity index (χ3v) is 6.69.